The van der Waals surface area contributed by atoms with Crippen LogP contribution in [-0.2, 0) is 14.2 Å². The summed E-state index contributed by atoms with van der Waals surface area (Å²) >= 11 is 0. The van der Waals surface area contributed by atoms with Gasteiger partial charge in [0.15, 0.2) is 5.79 Å². The summed E-state index contributed by atoms with van der Waals surface area (Å²) in [4.78, 5) is 0. The Balaban J connectivity index is 2.71. The van der Waals surface area contributed by atoms with E-state index in [1.54, 1.807) is 7.11 Å². The van der Waals surface area contributed by atoms with Gasteiger partial charge in [0.25, 0.3) is 0 Å². The lowest BCUT2D eigenvalue weighted by molar-refractivity contribution is -0.223. The average molecular weight is 200 g/mol. The molecule has 0 heterocycles. The van der Waals surface area contributed by atoms with Crippen molar-refractivity contribution >= 4 is 0 Å². The maximum Gasteiger partial charge on any atom is 0.196 e. The fourth-order valence-electron chi connectivity index (χ4n) is 1.94. The van der Waals surface area contributed by atoms with Gasteiger partial charge < -0.3 is 14.2 Å². The number of hydrogen-bond donors (Lipinski definition) is 0. The maximum atomic E-state index is 5.68. The molecule has 0 aliphatic heterocycles. The third-order valence-electron chi connectivity index (χ3n) is 2.52. The molecule has 1 rings (SSSR count). The molecule has 0 saturated carbocycles. The first kappa shape index (κ1) is 11.7. The van der Waals surface area contributed by atoms with Crippen molar-refractivity contribution in [3.05, 3.63) is 11.1 Å². The molecule has 0 spiro atoms. The monoisotopic (exact) mass is 200 g/mol. The molecule has 0 fully saturated rings. The molecule has 0 amide bonds. The molecule has 0 N–H and O–H groups in total. The van der Waals surface area contributed by atoms with Crippen molar-refractivity contribution < 1.29 is 14.2 Å². The summed E-state index contributed by atoms with van der Waals surface area (Å²) in [6, 6.07) is 0. The molecule has 1 aliphatic carbocycles. The molecule has 14 heavy (non-hydrogen) atoms. The van der Waals surface area contributed by atoms with Crippen LogP contribution in [0.25, 0.3) is 0 Å². The quantitative estimate of drug-likeness (QED) is 0.485. The third kappa shape index (κ3) is 2.00. The van der Waals surface area contributed by atoms with Gasteiger partial charge in [0.05, 0.1) is 6.61 Å². The van der Waals surface area contributed by atoms with Crippen LogP contribution in [0.4, 0.5) is 0 Å². The van der Waals surface area contributed by atoms with Crippen molar-refractivity contribution in [1.29, 1.82) is 0 Å². The Hall–Kier alpha value is -0.380. The highest BCUT2D eigenvalue weighted by atomic mass is 16.7. The molecular formula is C11H20O3. The van der Waals surface area contributed by atoms with Crippen LogP contribution >= 0.6 is 0 Å². The third-order valence-corrected chi connectivity index (χ3v) is 2.52. The average Bonchev–Trinajstić information content (AvgIpc) is 2.15. The fourth-order valence-corrected chi connectivity index (χ4v) is 1.94. The predicted molar refractivity (Wildman–Crippen MR) is 55.2 cm³/mol. The summed E-state index contributed by atoms with van der Waals surface area (Å²) in [5, 5.41) is 0. The lowest BCUT2D eigenvalue weighted by atomic mass is 9.82. The zero-order valence-electron chi connectivity index (χ0n) is 9.55. The van der Waals surface area contributed by atoms with E-state index in [1.165, 1.54) is 5.57 Å². The smallest absolute Gasteiger partial charge is 0.196 e. The SMILES string of the molecule is CCOC1(OCC)CC(C)=C1COC. The zero-order valence-corrected chi connectivity index (χ0v) is 9.55. The normalized spacial score (nSPS) is 19.7. The van der Waals surface area contributed by atoms with Crippen molar-refractivity contribution in [2.45, 2.75) is 33.0 Å². The summed E-state index contributed by atoms with van der Waals surface area (Å²) < 4.78 is 16.5. The van der Waals surface area contributed by atoms with Gasteiger partial charge in [0.1, 0.15) is 0 Å². The molecule has 0 unspecified atom stereocenters. The van der Waals surface area contributed by atoms with E-state index >= 15 is 0 Å². The maximum absolute atomic E-state index is 5.68. The second-order valence-electron chi connectivity index (χ2n) is 3.49. The Bertz CT molecular complexity index is 215. The van der Waals surface area contributed by atoms with Crippen LogP contribution < -0.4 is 0 Å². The molecule has 0 atom stereocenters. The van der Waals surface area contributed by atoms with Crippen molar-refractivity contribution in [3.63, 3.8) is 0 Å². The van der Waals surface area contributed by atoms with Crippen molar-refractivity contribution in [3.8, 4) is 0 Å². The van der Waals surface area contributed by atoms with Crippen LogP contribution in [0, 0.1) is 0 Å². The molecule has 1 aliphatic rings. The summed E-state index contributed by atoms with van der Waals surface area (Å²) in [6.45, 7) is 8.01. The highest BCUT2D eigenvalue weighted by molar-refractivity contribution is 5.33. The van der Waals surface area contributed by atoms with E-state index in [-0.39, 0.29) is 0 Å². The minimum atomic E-state index is -0.483. The largest absolute Gasteiger partial charge is 0.380 e. The van der Waals surface area contributed by atoms with E-state index in [9.17, 15) is 0 Å². The number of rotatable bonds is 6. The summed E-state index contributed by atoms with van der Waals surface area (Å²) in [6.07, 6.45) is 0.868. The first-order valence-corrected chi connectivity index (χ1v) is 5.16. The predicted octanol–water partition coefficient (Wildman–Crippen LogP) is 2.12. The Morgan fingerprint density at radius 2 is 1.79 bits per heavy atom. The van der Waals surface area contributed by atoms with Gasteiger partial charge in [-0.3, -0.25) is 0 Å². The molecule has 3 nitrogen and oxygen atoms in total. The van der Waals surface area contributed by atoms with Gasteiger partial charge >= 0.3 is 0 Å². The van der Waals surface area contributed by atoms with Gasteiger partial charge in [-0.1, -0.05) is 5.57 Å². The van der Waals surface area contributed by atoms with E-state index in [2.05, 4.69) is 6.92 Å². The summed E-state index contributed by atoms with van der Waals surface area (Å²) in [7, 11) is 1.70. The van der Waals surface area contributed by atoms with Crippen molar-refractivity contribution in [2.24, 2.45) is 0 Å². The Labute approximate surface area is 86.0 Å². The molecule has 0 aromatic heterocycles. The van der Waals surface area contributed by atoms with Crippen LogP contribution in [-0.4, -0.2) is 32.7 Å². The fraction of sp³-hybridized carbons (Fsp3) is 0.818. The molecule has 0 aromatic carbocycles. The van der Waals surface area contributed by atoms with E-state index < -0.39 is 5.79 Å². The Morgan fingerprint density at radius 1 is 1.21 bits per heavy atom. The highest BCUT2D eigenvalue weighted by Crippen LogP contribution is 2.42. The summed E-state index contributed by atoms with van der Waals surface area (Å²) in [5.41, 5.74) is 2.48. The second-order valence-corrected chi connectivity index (χ2v) is 3.49. The molecule has 0 saturated heterocycles. The van der Waals surface area contributed by atoms with Gasteiger partial charge in [0.2, 0.25) is 0 Å². The topological polar surface area (TPSA) is 27.7 Å². The highest BCUT2D eigenvalue weighted by Gasteiger charge is 2.45. The van der Waals surface area contributed by atoms with Crippen LogP contribution in [0.1, 0.15) is 27.2 Å². The van der Waals surface area contributed by atoms with Crippen LogP contribution in [0.15, 0.2) is 11.1 Å². The van der Waals surface area contributed by atoms with E-state index in [0.29, 0.717) is 19.8 Å². The van der Waals surface area contributed by atoms with Gasteiger partial charge in [-0.25, -0.2) is 0 Å². The van der Waals surface area contributed by atoms with E-state index in [0.717, 1.165) is 12.0 Å². The standard InChI is InChI=1S/C11H20O3/c1-5-13-11(14-6-2)7-9(3)10(11)8-12-4/h5-8H2,1-4H3. The molecule has 0 aromatic rings. The number of hydrogen-bond acceptors (Lipinski definition) is 3. The lowest BCUT2D eigenvalue weighted by Crippen LogP contribution is -2.47. The van der Waals surface area contributed by atoms with Gasteiger partial charge in [-0.2, -0.15) is 0 Å². The van der Waals surface area contributed by atoms with Gasteiger partial charge in [-0.05, 0) is 20.8 Å². The molecule has 0 radical (unpaired) electrons. The van der Waals surface area contributed by atoms with Crippen LogP contribution in [0.5, 0.6) is 0 Å². The van der Waals surface area contributed by atoms with Crippen LogP contribution in [0.2, 0.25) is 0 Å². The summed E-state index contributed by atoms with van der Waals surface area (Å²) in [5.74, 6) is -0.483. The molecule has 0 bridgehead atoms. The first-order chi connectivity index (χ1) is 6.70. The Kier molecular flexibility index (Phi) is 4.11. The van der Waals surface area contributed by atoms with E-state index in [1.807, 2.05) is 13.8 Å². The zero-order chi connectivity index (χ0) is 10.6. The minimum Gasteiger partial charge on any atom is -0.380 e. The molecule has 3 heteroatoms. The first-order valence-electron chi connectivity index (χ1n) is 5.16. The minimum absolute atomic E-state index is 0.483. The van der Waals surface area contributed by atoms with Crippen molar-refractivity contribution in [2.75, 3.05) is 26.9 Å². The second kappa shape index (κ2) is 4.91. The number of ether oxygens (including phenoxy) is 3. The molecule has 82 valence electrons. The van der Waals surface area contributed by atoms with Gasteiger partial charge in [-0.15, -0.1) is 0 Å². The van der Waals surface area contributed by atoms with Gasteiger partial charge in [0, 0.05) is 32.3 Å². The van der Waals surface area contributed by atoms with Crippen molar-refractivity contribution in [1.82, 2.24) is 0 Å². The van der Waals surface area contributed by atoms with Crippen LogP contribution in [0.3, 0.4) is 0 Å². The lowest BCUT2D eigenvalue weighted by Gasteiger charge is -2.43. The molecular weight excluding hydrogens is 180 g/mol. The number of methoxy groups -OCH3 is 1. The van der Waals surface area contributed by atoms with E-state index in [4.69, 9.17) is 14.2 Å². The Morgan fingerprint density at radius 3 is 2.14 bits per heavy atom.